The normalized spacial score (nSPS) is 20.1. The van der Waals surface area contributed by atoms with Crippen LogP contribution in [-0.4, -0.2) is 38.4 Å². The summed E-state index contributed by atoms with van der Waals surface area (Å²) in [6, 6.07) is 2.82. The van der Waals surface area contributed by atoms with E-state index >= 15 is 0 Å². The molecule has 1 aromatic carbocycles. The Morgan fingerprint density at radius 3 is 2.80 bits per heavy atom. The lowest BCUT2D eigenvalue weighted by atomic mass is 10.2. The first-order chi connectivity index (χ1) is 9.37. The van der Waals surface area contributed by atoms with Crippen LogP contribution < -0.4 is 0 Å². The number of methoxy groups -OCH3 is 1. The monoisotopic (exact) mass is 365 g/mol. The van der Waals surface area contributed by atoms with Gasteiger partial charge in [-0.3, -0.25) is 4.79 Å². The highest BCUT2D eigenvalue weighted by Gasteiger charge is 2.41. The Morgan fingerprint density at radius 1 is 1.50 bits per heavy atom. The van der Waals surface area contributed by atoms with Crippen molar-refractivity contribution in [1.29, 1.82) is 0 Å². The van der Waals surface area contributed by atoms with Crippen LogP contribution in [0.1, 0.15) is 12.8 Å². The average Bonchev–Trinajstić information content (AvgIpc) is 2.87. The fraction of sp³-hybridized carbons (Fsp3) is 0.417. The molecule has 0 aromatic heterocycles. The van der Waals surface area contributed by atoms with Crippen molar-refractivity contribution < 1.29 is 22.3 Å². The van der Waals surface area contributed by atoms with E-state index in [1.165, 1.54) is 19.2 Å². The van der Waals surface area contributed by atoms with Gasteiger partial charge in [0.25, 0.3) is 0 Å². The largest absolute Gasteiger partial charge is 0.468 e. The average molecular weight is 366 g/mol. The lowest BCUT2D eigenvalue weighted by molar-refractivity contribution is -0.144. The molecule has 1 heterocycles. The molecule has 1 aromatic rings. The maximum atomic E-state index is 13.9. The number of esters is 1. The highest BCUT2D eigenvalue weighted by molar-refractivity contribution is 9.10. The van der Waals surface area contributed by atoms with E-state index in [-0.39, 0.29) is 6.54 Å². The van der Waals surface area contributed by atoms with Crippen molar-refractivity contribution in [3.63, 3.8) is 0 Å². The van der Waals surface area contributed by atoms with Crippen molar-refractivity contribution in [1.82, 2.24) is 4.31 Å². The van der Waals surface area contributed by atoms with E-state index in [9.17, 15) is 17.6 Å². The molecule has 2 rings (SSSR count). The highest BCUT2D eigenvalue weighted by Crippen LogP contribution is 2.29. The predicted molar refractivity (Wildman–Crippen MR) is 73.0 cm³/mol. The van der Waals surface area contributed by atoms with Crippen LogP contribution in [0.5, 0.6) is 0 Å². The first kappa shape index (κ1) is 15.4. The van der Waals surface area contributed by atoms with Crippen LogP contribution in [0.3, 0.4) is 0 Å². The van der Waals surface area contributed by atoms with Gasteiger partial charge in [0.2, 0.25) is 10.0 Å². The Kier molecular flexibility index (Phi) is 4.46. The summed E-state index contributed by atoms with van der Waals surface area (Å²) >= 11 is 3.07. The first-order valence-electron chi connectivity index (χ1n) is 5.92. The SMILES string of the molecule is COC(=O)C1CCCN1S(=O)(=O)c1ccc(Br)cc1F. The molecule has 1 fully saturated rings. The van der Waals surface area contributed by atoms with E-state index in [1.807, 2.05) is 0 Å². The number of hydrogen-bond donors (Lipinski definition) is 0. The Labute approximate surface area is 124 Å². The van der Waals surface area contributed by atoms with Crippen LogP contribution in [0.4, 0.5) is 4.39 Å². The van der Waals surface area contributed by atoms with Crippen LogP contribution in [-0.2, 0) is 19.6 Å². The maximum Gasteiger partial charge on any atom is 0.324 e. The Hall–Kier alpha value is -0.990. The number of ether oxygens (including phenoxy) is 1. The van der Waals surface area contributed by atoms with Crippen LogP contribution in [0.2, 0.25) is 0 Å². The van der Waals surface area contributed by atoms with Crippen molar-refractivity contribution in [3.05, 3.63) is 28.5 Å². The summed E-state index contributed by atoms with van der Waals surface area (Å²) in [6.07, 6.45) is 0.918. The van der Waals surface area contributed by atoms with Gasteiger partial charge in [-0.25, -0.2) is 12.8 Å². The van der Waals surface area contributed by atoms with Crippen LogP contribution >= 0.6 is 15.9 Å². The number of hydrogen-bond acceptors (Lipinski definition) is 4. The molecule has 1 aliphatic heterocycles. The molecule has 0 spiro atoms. The molecular weight excluding hydrogens is 353 g/mol. The molecule has 110 valence electrons. The minimum absolute atomic E-state index is 0.178. The third kappa shape index (κ3) is 2.72. The molecule has 1 saturated heterocycles. The summed E-state index contributed by atoms with van der Waals surface area (Å²) < 4.78 is 44.8. The minimum atomic E-state index is -4.05. The fourth-order valence-electron chi connectivity index (χ4n) is 2.21. The number of halogens is 2. The van der Waals surface area contributed by atoms with E-state index in [1.54, 1.807) is 0 Å². The number of carbonyl (C=O) groups excluding carboxylic acids is 1. The standard InChI is InChI=1S/C12H13BrFNO4S/c1-19-12(16)10-3-2-6-15(10)20(17,18)11-5-4-8(13)7-9(11)14/h4-5,7,10H,2-3,6H2,1H3. The number of nitrogens with zero attached hydrogens (tertiary/aromatic N) is 1. The number of benzene rings is 1. The first-order valence-corrected chi connectivity index (χ1v) is 8.16. The second-order valence-corrected chi connectivity index (χ2v) is 7.15. The van der Waals surface area contributed by atoms with Gasteiger partial charge in [0.15, 0.2) is 0 Å². The molecule has 1 unspecified atom stereocenters. The number of rotatable bonds is 3. The summed E-state index contributed by atoms with van der Waals surface area (Å²) in [4.78, 5) is 11.2. The molecule has 8 heteroatoms. The second kappa shape index (κ2) is 5.79. The zero-order valence-corrected chi connectivity index (χ0v) is 13.1. The van der Waals surface area contributed by atoms with Gasteiger partial charge in [-0.2, -0.15) is 4.31 Å². The molecule has 5 nitrogen and oxygen atoms in total. The smallest absolute Gasteiger partial charge is 0.324 e. The Bertz CT molecular complexity index is 634. The summed E-state index contributed by atoms with van der Waals surface area (Å²) in [5.41, 5.74) is 0. The zero-order valence-electron chi connectivity index (χ0n) is 10.7. The Morgan fingerprint density at radius 2 is 2.20 bits per heavy atom. The van der Waals surface area contributed by atoms with Gasteiger partial charge in [-0.05, 0) is 31.0 Å². The maximum absolute atomic E-state index is 13.9. The van der Waals surface area contributed by atoms with Crippen LogP contribution in [0.15, 0.2) is 27.6 Å². The van der Waals surface area contributed by atoms with E-state index in [4.69, 9.17) is 0 Å². The van der Waals surface area contributed by atoms with Crippen LogP contribution in [0.25, 0.3) is 0 Å². The molecule has 20 heavy (non-hydrogen) atoms. The molecule has 1 atom stereocenters. The molecule has 0 bridgehead atoms. The zero-order chi connectivity index (χ0) is 14.9. The quantitative estimate of drug-likeness (QED) is 0.767. The topological polar surface area (TPSA) is 63.7 Å². The highest BCUT2D eigenvalue weighted by atomic mass is 79.9. The molecule has 0 saturated carbocycles. The molecule has 0 radical (unpaired) electrons. The molecule has 0 N–H and O–H groups in total. The van der Waals surface area contributed by atoms with E-state index in [0.717, 1.165) is 10.4 Å². The molecule has 1 aliphatic rings. The lowest BCUT2D eigenvalue weighted by Gasteiger charge is -2.22. The van der Waals surface area contributed by atoms with Gasteiger partial charge >= 0.3 is 5.97 Å². The Balaban J connectivity index is 2.41. The van der Waals surface area contributed by atoms with Crippen molar-refractivity contribution in [2.75, 3.05) is 13.7 Å². The third-order valence-electron chi connectivity index (χ3n) is 3.16. The van der Waals surface area contributed by atoms with Crippen LogP contribution in [0, 0.1) is 5.82 Å². The van der Waals surface area contributed by atoms with Crippen molar-refractivity contribution in [2.24, 2.45) is 0 Å². The number of carbonyl (C=O) groups is 1. The van der Waals surface area contributed by atoms with E-state index in [0.29, 0.717) is 17.3 Å². The van der Waals surface area contributed by atoms with Gasteiger partial charge in [0.1, 0.15) is 16.8 Å². The van der Waals surface area contributed by atoms with Crippen molar-refractivity contribution in [3.8, 4) is 0 Å². The lowest BCUT2D eigenvalue weighted by Crippen LogP contribution is -2.41. The third-order valence-corrected chi connectivity index (χ3v) is 5.59. The van der Waals surface area contributed by atoms with Crippen molar-refractivity contribution >= 4 is 31.9 Å². The molecule has 0 aliphatic carbocycles. The van der Waals surface area contributed by atoms with Gasteiger partial charge in [0, 0.05) is 11.0 Å². The molecular formula is C12H13BrFNO4S. The number of sulfonamides is 1. The van der Waals surface area contributed by atoms with Gasteiger partial charge in [-0.15, -0.1) is 0 Å². The van der Waals surface area contributed by atoms with Gasteiger partial charge in [0.05, 0.1) is 7.11 Å². The van der Waals surface area contributed by atoms with Gasteiger partial charge < -0.3 is 4.74 Å². The summed E-state index contributed by atoms with van der Waals surface area (Å²) in [7, 11) is -2.85. The summed E-state index contributed by atoms with van der Waals surface area (Å²) in [5.74, 6) is -1.47. The van der Waals surface area contributed by atoms with Gasteiger partial charge in [-0.1, -0.05) is 15.9 Å². The minimum Gasteiger partial charge on any atom is -0.468 e. The van der Waals surface area contributed by atoms with E-state index < -0.39 is 32.7 Å². The predicted octanol–water partition coefficient (Wildman–Crippen LogP) is 1.91. The summed E-state index contributed by atoms with van der Waals surface area (Å²) in [5, 5.41) is 0. The van der Waals surface area contributed by atoms with E-state index in [2.05, 4.69) is 20.7 Å². The summed E-state index contributed by atoms with van der Waals surface area (Å²) in [6.45, 7) is 0.178. The van der Waals surface area contributed by atoms with Crippen molar-refractivity contribution in [2.45, 2.75) is 23.8 Å². The fourth-order valence-corrected chi connectivity index (χ4v) is 4.24. The molecule has 0 amide bonds. The second-order valence-electron chi connectivity index (χ2n) is 4.37.